The number of hydrogen-bond donors (Lipinski definition) is 2. The van der Waals surface area contributed by atoms with Crippen LogP contribution in [0.4, 0.5) is 18.9 Å². The second-order valence-electron chi connectivity index (χ2n) is 11.4. The molecule has 2 aromatic carbocycles. The van der Waals surface area contributed by atoms with E-state index in [1.54, 1.807) is 30.3 Å². The normalized spacial score (nSPS) is 17.9. The summed E-state index contributed by atoms with van der Waals surface area (Å²) in [6.45, 7) is 11.7. The van der Waals surface area contributed by atoms with Crippen LogP contribution in [-0.2, 0) is 4.79 Å². The van der Waals surface area contributed by atoms with Crippen molar-refractivity contribution >= 4 is 45.8 Å². The van der Waals surface area contributed by atoms with E-state index in [1.807, 2.05) is 41.5 Å². The van der Waals surface area contributed by atoms with Gasteiger partial charge in [0.1, 0.15) is 5.82 Å². The van der Waals surface area contributed by atoms with E-state index in [9.17, 15) is 18.0 Å². The number of anilines is 1. The van der Waals surface area contributed by atoms with Gasteiger partial charge in [0, 0.05) is 28.4 Å². The number of aromatic nitrogens is 2. The number of benzene rings is 2. The fourth-order valence-electron chi connectivity index (χ4n) is 5.61. The Morgan fingerprint density at radius 2 is 1.65 bits per heavy atom. The number of hydrogen-bond acceptors (Lipinski definition) is 3. The molecule has 0 saturated carbocycles. The van der Waals surface area contributed by atoms with Crippen molar-refractivity contribution in [2.75, 3.05) is 4.90 Å². The summed E-state index contributed by atoms with van der Waals surface area (Å²) in [5, 5.41) is 4.24. The lowest BCUT2D eigenvalue weighted by Gasteiger charge is -2.49. The Kier molecular flexibility index (Phi) is 7.10. The number of rotatable bonds is 4. The number of H-pyrrole nitrogens is 1. The molecular weight excluding hydrogens is 524 g/mol. The Morgan fingerprint density at radius 3 is 2.22 bits per heavy atom. The van der Waals surface area contributed by atoms with Crippen LogP contribution in [0.5, 0.6) is 0 Å². The third-order valence-corrected chi connectivity index (χ3v) is 7.43. The molecule has 0 aliphatic carbocycles. The van der Waals surface area contributed by atoms with Gasteiger partial charge in [-0.1, -0.05) is 37.0 Å². The van der Waals surface area contributed by atoms with Crippen molar-refractivity contribution in [2.24, 2.45) is 0 Å². The number of halogens is 5. The van der Waals surface area contributed by atoms with Crippen LogP contribution in [-0.4, -0.2) is 39.2 Å². The second kappa shape index (κ2) is 9.47. The third-order valence-electron chi connectivity index (χ3n) is 6.71. The van der Waals surface area contributed by atoms with Crippen LogP contribution in [0.3, 0.4) is 0 Å². The molecule has 2 N–H and O–H groups in total. The molecule has 4 rings (SSSR count). The lowest BCUT2D eigenvalue weighted by Crippen LogP contribution is -2.64. The summed E-state index contributed by atoms with van der Waals surface area (Å²) in [4.78, 5) is 21.7. The van der Waals surface area contributed by atoms with Crippen LogP contribution < -0.4 is 10.2 Å². The molecule has 2 heterocycles. The zero-order chi connectivity index (χ0) is 27.5. The maximum Gasteiger partial charge on any atom is 0.471 e. The lowest BCUT2D eigenvalue weighted by molar-refractivity contribution is -0.171. The van der Waals surface area contributed by atoms with Gasteiger partial charge in [0.25, 0.3) is 0 Å². The van der Waals surface area contributed by atoms with Gasteiger partial charge in [-0.15, -0.1) is 0 Å². The number of nitrogens with one attached hydrogen (secondary N) is 2. The first kappa shape index (κ1) is 27.7. The van der Waals surface area contributed by atoms with E-state index in [4.69, 9.17) is 23.2 Å². The monoisotopic (exact) mass is 554 g/mol. The van der Waals surface area contributed by atoms with E-state index in [1.165, 1.54) is 0 Å². The van der Waals surface area contributed by atoms with Gasteiger partial charge in [-0.05, 0) is 82.3 Å². The Morgan fingerprint density at radius 1 is 1.05 bits per heavy atom. The Hall–Kier alpha value is -2.29. The van der Waals surface area contributed by atoms with Crippen LogP contribution in [0.1, 0.15) is 65.9 Å². The van der Waals surface area contributed by atoms with Gasteiger partial charge >= 0.3 is 12.1 Å². The van der Waals surface area contributed by atoms with Crippen molar-refractivity contribution in [3.8, 4) is 11.4 Å². The van der Waals surface area contributed by atoms with Crippen molar-refractivity contribution in [3.63, 3.8) is 0 Å². The molecule has 1 saturated heterocycles. The number of carbonyl (C=O) groups excluding carboxylic acids is 1. The molecule has 1 fully saturated rings. The molecule has 5 nitrogen and oxygen atoms in total. The lowest BCUT2D eigenvalue weighted by atomic mass is 9.78. The van der Waals surface area contributed by atoms with Crippen molar-refractivity contribution in [1.29, 1.82) is 0 Å². The van der Waals surface area contributed by atoms with E-state index in [2.05, 4.69) is 15.3 Å². The largest absolute Gasteiger partial charge is 0.471 e. The highest BCUT2D eigenvalue weighted by Gasteiger charge is 2.49. The summed E-state index contributed by atoms with van der Waals surface area (Å²) in [5.74, 6) is -1.37. The van der Waals surface area contributed by atoms with Crippen molar-refractivity contribution in [1.82, 2.24) is 15.3 Å². The van der Waals surface area contributed by atoms with E-state index in [0.717, 1.165) is 16.0 Å². The molecule has 1 aromatic heterocycles. The van der Waals surface area contributed by atoms with Gasteiger partial charge in [-0.25, -0.2) is 4.98 Å². The summed E-state index contributed by atoms with van der Waals surface area (Å²) in [6, 6.07) is 7.68. The minimum absolute atomic E-state index is 0.0564. The van der Waals surface area contributed by atoms with Gasteiger partial charge in [0.15, 0.2) is 0 Å². The predicted octanol–water partition coefficient (Wildman–Crippen LogP) is 7.86. The quantitative estimate of drug-likeness (QED) is 0.345. The number of fused-ring (bicyclic) bond motifs is 1. The van der Waals surface area contributed by atoms with Gasteiger partial charge < -0.3 is 15.2 Å². The average molecular weight is 555 g/mol. The zero-order valence-corrected chi connectivity index (χ0v) is 23.2. The number of piperidine rings is 1. The van der Waals surface area contributed by atoms with Crippen LogP contribution in [0.15, 0.2) is 30.3 Å². The first-order valence-corrected chi connectivity index (χ1v) is 12.9. The van der Waals surface area contributed by atoms with E-state index >= 15 is 0 Å². The zero-order valence-electron chi connectivity index (χ0n) is 21.6. The molecule has 37 heavy (non-hydrogen) atoms. The standard InChI is InChI=1S/C27H31Cl2F3N4O/c1-14(2)18-9-15(7-8-17(18)23-33-21-10-19(28)20(29)11-22(21)34-23)36(24(37)27(30,31)32)16-12-25(3,4)35-26(5,6)13-16/h7-11,14,16,35H,12-13H2,1-6H3,(H,33,34). The molecule has 0 bridgehead atoms. The molecule has 1 amide bonds. The summed E-state index contributed by atoms with van der Waals surface area (Å²) >= 11 is 12.3. The van der Waals surface area contributed by atoms with Crippen molar-refractivity contribution in [2.45, 2.75) is 83.6 Å². The second-order valence-corrected chi connectivity index (χ2v) is 12.2. The first-order valence-electron chi connectivity index (χ1n) is 12.2. The third kappa shape index (κ3) is 5.76. The molecule has 0 atom stereocenters. The maximum atomic E-state index is 13.9. The van der Waals surface area contributed by atoms with Crippen molar-refractivity contribution < 1.29 is 18.0 Å². The molecule has 10 heteroatoms. The minimum atomic E-state index is -5.01. The Bertz CT molecular complexity index is 1290. The Balaban J connectivity index is 1.84. The summed E-state index contributed by atoms with van der Waals surface area (Å²) < 4.78 is 41.6. The fraction of sp³-hybridized carbons (Fsp3) is 0.481. The van der Waals surface area contributed by atoms with Gasteiger partial charge in [-0.3, -0.25) is 4.79 Å². The first-order chi connectivity index (χ1) is 17.0. The van der Waals surface area contributed by atoms with Crippen LogP contribution in [0.25, 0.3) is 22.4 Å². The topological polar surface area (TPSA) is 61.0 Å². The molecule has 1 aliphatic rings. The SMILES string of the molecule is CC(C)c1cc(N(C(=O)C(F)(F)F)C2CC(C)(C)NC(C)(C)C2)ccc1-c1nc2cc(Cl)c(Cl)cc2[nH]1. The van der Waals surface area contributed by atoms with Crippen molar-refractivity contribution in [3.05, 3.63) is 45.9 Å². The van der Waals surface area contributed by atoms with E-state index in [-0.39, 0.29) is 11.6 Å². The number of aromatic amines is 1. The van der Waals surface area contributed by atoms with Crippen LogP contribution in [0, 0.1) is 0 Å². The molecule has 0 unspecified atom stereocenters. The number of alkyl halides is 3. The maximum absolute atomic E-state index is 13.9. The van der Waals surface area contributed by atoms with Gasteiger partial charge in [0.05, 0.1) is 21.1 Å². The summed E-state index contributed by atoms with van der Waals surface area (Å²) in [5.41, 5.74) is 2.12. The fourth-order valence-corrected chi connectivity index (χ4v) is 5.93. The molecule has 0 spiro atoms. The van der Waals surface area contributed by atoms with Gasteiger partial charge in [-0.2, -0.15) is 13.2 Å². The highest BCUT2D eigenvalue weighted by atomic mass is 35.5. The molecule has 1 aliphatic heterocycles. The van der Waals surface area contributed by atoms with E-state index in [0.29, 0.717) is 39.7 Å². The predicted molar refractivity (Wildman–Crippen MR) is 143 cm³/mol. The van der Waals surface area contributed by atoms with Crippen LogP contribution in [0.2, 0.25) is 10.0 Å². The summed E-state index contributed by atoms with van der Waals surface area (Å²) in [7, 11) is 0. The van der Waals surface area contributed by atoms with Gasteiger partial charge in [0.2, 0.25) is 0 Å². The van der Waals surface area contributed by atoms with Crippen LogP contribution >= 0.6 is 23.2 Å². The highest BCUT2D eigenvalue weighted by molar-refractivity contribution is 6.42. The number of amides is 1. The number of nitrogens with zero attached hydrogens (tertiary/aromatic N) is 2. The number of imidazole rings is 1. The molecular formula is C27H31Cl2F3N4O. The highest BCUT2D eigenvalue weighted by Crippen LogP contribution is 2.39. The van der Waals surface area contributed by atoms with E-state index < -0.39 is 29.2 Å². The average Bonchev–Trinajstić information content (AvgIpc) is 3.13. The minimum Gasteiger partial charge on any atom is -0.338 e. The molecule has 3 aromatic rings. The molecule has 0 radical (unpaired) electrons. The number of carbonyl (C=O) groups is 1. The Labute approximate surface area is 224 Å². The molecule has 200 valence electrons. The summed E-state index contributed by atoms with van der Waals surface area (Å²) in [6.07, 6.45) is -4.25. The smallest absolute Gasteiger partial charge is 0.338 e.